The zero-order chi connectivity index (χ0) is 16.0. The van der Waals surface area contributed by atoms with Gasteiger partial charge in [0.05, 0.1) is 0 Å². The Labute approximate surface area is 122 Å². The Morgan fingerprint density at radius 2 is 1.76 bits per heavy atom. The summed E-state index contributed by atoms with van der Waals surface area (Å²) in [5, 5.41) is 10.7. The molecule has 116 valence electrons. The quantitative estimate of drug-likeness (QED) is 0.570. The summed E-state index contributed by atoms with van der Waals surface area (Å²) in [5.41, 5.74) is 0.522. The number of amides is 1. The highest BCUT2D eigenvalue weighted by atomic mass is 32.2. The maximum Gasteiger partial charge on any atom is 0.322 e. The zero-order valence-corrected chi connectivity index (χ0v) is 12.4. The van der Waals surface area contributed by atoms with Crippen molar-refractivity contribution in [3.05, 3.63) is 29.8 Å². The highest BCUT2D eigenvalue weighted by molar-refractivity contribution is 7.90. The molecule has 0 saturated heterocycles. The highest BCUT2D eigenvalue weighted by Gasteiger charge is 2.12. The van der Waals surface area contributed by atoms with Crippen molar-refractivity contribution < 1.29 is 23.1 Å². The summed E-state index contributed by atoms with van der Waals surface area (Å²) in [6.07, 6.45) is 0. The number of hydrogen-bond acceptors (Lipinski definition) is 4. The van der Waals surface area contributed by atoms with Crippen LogP contribution < -0.4 is 14.8 Å². The second kappa shape index (κ2) is 7.04. The summed E-state index contributed by atoms with van der Waals surface area (Å²) in [6.45, 7) is 2.90. The third kappa shape index (κ3) is 6.23. The van der Waals surface area contributed by atoms with Crippen LogP contribution in [-0.2, 0) is 15.0 Å². The SMILES string of the molecule is CC(C)NS(=O)(=O)Nc1ccc(C(=O)NCC(=O)O)cc1. The van der Waals surface area contributed by atoms with E-state index in [-0.39, 0.29) is 17.3 Å². The Balaban J connectivity index is 2.70. The molecule has 0 aliphatic rings. The number of carbonyl (C=O) groups is 2. The zero-order valence-electron chi connectivity index (χ0n) is 11.6. The lowest BCUT2D eigenvalue weighted by Crippen LogP contribution is -2.35. The average molecular weight is 315 g/mol. The molecule has 0 aliphatic heterocycles. The van der Waals surface area contributed by atoms with E-state index >= 15 is 0 Å². The summed E-state index contributed by atoms with van der Waals surface area (Å²) in [4.78, 5) is 21.9. The molecule has 0 saturated carbocycles. The lowest BCUT2D eigenvalue weighted by atomic mass is 10.2. The van der Waals surface area contributed by atoms with Crippen LogP contribution in [0.5, 0.6) is 0 Å². The monoisotopic (exact) mass is 315 g/mol. The van der Waals surface area contributed by atoms with Crippen molar-refractivity contribution in [2.45, 2.75) is 19.9 Å². The fourth-order valence-electron chi connectivity index (χ4n) is 1.44. The minimum atomic E-state index is -3.67. The molecule has 0 radical (unpaired) electrons. The molecule has 9 heteroatoms. The van der Waals surface area contributed by atoms with Crippen molar-refractivity contribution in [1.82, 2.24) is 10.0 Å². The van der Waals surface area contributed by atoms with Crippen molar-refractivity contribution in [3.63, 3.8) is 0 Å². The first-order chi connectivity index (χ1) is 9.69. The molecule has 0 aliphatic carbocycles. The Hall–Kier alpha value is -2.13. The molecule has 1 rings (SSSR count). The van der Waals surface area contributed by atoms with E-state index < -0.39 is 28.6 Å². The van der Waals surface area contributed by atoms with Crippen LogP contribution >= 0.6 is 0 Å². The minimum Gasteiger partial charge on any atom is -0.480 e. The minimum absolute atomic E-state index is 0.232. The van der Waals surface area contributed by atoms with Crippen molar-refractivity contribution in [2.75, 3.05) is 11.3 Å². The highest BCUT2D eigenvalue weighted by Crippen LogP contribution is 2.11. The van der Waals surface area contributed by atoms with Gasteiger partial charge in [-0.25, -0.2) is 0 Å². The van der Waals surface area contributed by atoms with Gasteiger partial charge in [0.25, 0.3) is 16.1 Å². The van der Waals surface area contributed by atoms with Crippen LogP contribution in [0.2, 0.25) is 0 Å². The smallest absolute Gasteiger partial charge is 0.322 e. The number of rotatable bonds is 7. The molecule has 0 spiro atoms. The van der Waals surface area contributed by atoms with Crippen LogP contribution in [-0.4, -0.2) is 38.0 Å². The van der Waals surface area contributed by atoms with Gasteiger partial charge in [-0.15, -0.1) is 0 Å². The molecule has 8 nitrogen and oxygen atoms in total. The van der Waals surface area contributed by atoms with E-state index in [0.29, 0.717) is 0 Å². The second-order valence-corrected chi connectivity index (χ2v) is 5.98. The van der Waals surface area contributed by atoms with Crippen LogP contribution in [0, 0.1) is 0 Å². The summed E-state index contributed by atoms with van der Waals surface area (Å²) < 4.78 is 27.9. The molecule has 1 amide bonds. The Morgan fingerprint density at radius 3 is 2.24 bits per heavy atom. The lowest BCUT2D eigenvalue weighted by Gasteiger charge is -2.11. The molecule has 0 unspecified atom stereocenters. The van der Waals surface area contributed by atoms with E-state index in [4.69, 9.17) is 5.11 Å². The number of nitrogens with one attached hydrogen (secondary N) is 3. The van der Waals surface area contributed by atoms with Gasteiger partial charge in [-0.2, -0.15) is 13.1 Å². The molecule has 4 N–H and O–H groups in total. The third-order valence-electron chi connectivity index (χ3n) is 2.19. The summed E-state index contributed by atoms with van der Waals surface area (Å²) >= 11 is 0. The number of benzene rings is 1. The molecular weight excluding hydrogens is 298 g/mol. The maximum absolute atomic E-state index is 11.6. The molecule has 0 bridgehead atoms. The molecule has 1 aromatic rings. The van der Waals surface area contributed by atoms with Crippen LogP contribution in [0.3, 0.4) is 0 Å². The van der Waals surface area contributed by atoms with Gasteiger partial charge in [0.15, 0.2) is 0 Å². The lowest BCUT2D eigenvalue weighted by molar-refractivity contribution is -0.135. The van der Waals surface area contributed by atoms with Gasteiger partial charge < -0.3 is 10.4 Å². The van der Waals surface area contributed by atoms with Crippen molar-refractivity contribution in [2.24, 2.45) is 0 Å². The van der Waals surface area contributed by atoms with E-state index in [1.54, 1.807) is 13.8 Å². The number of aliphatic carboxylic acids is 1. The number of carboxylic acids is 1. The Morgan fingerprint density at radius 1 is 1.19 bits per heavy atom. The molecular formula is C12H17N3O5S. The van der Waals surface area contributed by atoms with Crippen LogP contribution in [0.1, 0.15) is 24.2 Å². The second-order valence-electron chi connectivity index (χ2n) is 4.53. The fourth-order valence-corrected chi connectivity index (χ4v) is 2.57. The summed E-state index contributed by atoms with van der Waals surface area (Å²) in [6, 6.07) is 5.36. The van der Waals surface area contributed by atoms with Gasteiger partial charge in [-0.05, 0) is 38.1 Å². The Kier molecular flexibility index (Phi) is 5.68. The number of carbonyl (C=O) groups excluding carboxylic acids is 1. The molecule has 0 atom stereocenters. The van der Waals surface area contributed by atoms with E-state index in [1.165, 1.54) is 24.3 Å². The van der Waals surface area contributed by atoms with Crippen molar-refractivity contribution in [1.29, 1.82) is 0 Å². The van der Waals surface area contributed by atoms with E-state index in [9.17, 15) is 18.0 Å². The summed E-state index contributed by atoms with van der Waals surface area (Å²) in [5.74, 6) is -1.69. The van der Waals surface area contributed by atoms with Crippen LogP contribution in [0.15, 0.2) is 24.3 Å². The first kappa shape index (κ1) is 16.9. The first-order valence-corrected chi connectivity index (χ1v) is 7.58. The maximum atomic E-state index is 11.6. The van der Waals surface area contributed by atoms with Gasteiger partial charge in [0.2, 0.25) is 0 Å². The van der Waals surface area contributed by atoms with E-state index in [0.717, 1.165) is 0 Å². The van der Waals surface area contributed by atoms with Gasteiger partial charge in [-0.1, -0.05) is 0 Å². The van der Waals surface area contributed by atoms with Gasteiger partial charge in [0.1, 0.15) is 6.54 Å². The third-order valence-corrected chi connectivity index (χ3v) is 3.48. The molecule has 21 heavy (non-hydrogen) atoms. The van der Waals surface area contributed by atoms with Crippen molar-refractivity contribution in [3.8, 4) is 0 Å². The first-order valence-electron chi connectivity index (χ1n) is 6.10. The standard InChI is InChI=1S/C12H17N3O5S/c1-8(2)14-21(19,20)15-10-5-3-9(4-6-10)12(18)13-7-11(16)17/h3-6,8,14-15H,7H2,1-2H3,(H,13,18)(H,16,17). The fraction of sp³-hybridized carbons (Fsp3) is 0.333. The average Bonchev–Trinajstić information content (AvgIpc) is 2.34. The number of hydrogen-bond donors (Lipinski definition) is 4. The summed E-state index contributed by atoms with van der Waals surface area (Å²) in [7, 11) is -3.67. The predicted octanol–water partition coefficient (Wildman–Crippen LogP) is 0.156. The van der Waals surface area contributed by atoms with Gasteiger partial charge in [-0.3, -0.25) is 14.3 Å². The van der Waals surface area contributed by atoms with Gasteiger partial charge in [0, 0.05) is 17.3 Å². The Bertz CT molecular complexity index is 610. The molecule has 0 fully saturated rings. The molecule has 0 aromatic heterocycles. The van der Waals surface area contributed by atoms with Crippen molar-refractivity contribution >= 4 is 27.8 Å². The molecule has 1 aromatic carbocycles. The molecule has 0 heterocycles. The van der Waals surface area contributed by atoms with E-state index in [1.807, 2.05) is 0 Å². The van der Waals surface area contributed by atoms with Crippen LogP contribution in [0.25, 0.3) is 0 Å². The van der Waals surface area contributed by atoms with Crippen LogP contribution in [0.4, 0.5) is 5.69 Å². The topological polar surface area (TPSA) is 125 Å². The number of carboxylic acid groups (broad SMARTS) is 1. The normalized spacial score (nSPS) is 11.2. The number of anilines is 1. The van der Waals surface area contributed by atoms with E-state index in [2.05, 4.69) is 14.8 Å². The predicted molar refractivity (Wildman–Crippen MR) is 77.2 cm³/mol. The largest absolute Gasteiger partial charge is 0.480 e. The van der Waals surface area contributed by atoms with Gasteiger partial charge >= 0.3 is 5.97 Å².